The molecular weight excluding hydrogens is 2620 g/mol. The van der Waals surface area contributed by atoms with Crippen molar-refractivity contribution in [3.05, 3.63) is 388 Å². The molecule has 15 rings (SSSR count). The number of aliphatic hydroxyl groups is 5. The van der Waals surface area contributed by atoms with Gasteiger partial charge in [0.2, 0.25) is 0 Å². The fraction of sp³-hybridized carbons (Fsp3) is 0.244. The zero-order chi connectivity index (χ0) is 98.8. The molecule has 0 unspecified atom stereocenters. The van der Waals surface area contributed by atoms with Crippen LogP contribution in [0.3, 0.4) is 0 Å². The van der Waals surface area contributed by atoms with Gasteiger partial charge >= 0.3 is 0 Å². The van der Waals surface area contributed by atoms with Crippen molar-refractivity contribution >= 4 is 83.4 Å². The van der Waals surface area contributed by atoms with E-state index in [1.165, 1.54) is 152 Å². The van der Waals surface area contributed by atoms with Crippen LogP contribution in [-0.2, 0) is 131 Å². The molecule has 15 aromatic rings. The van der Waals surface area contributed by atoms with Crippen LogP contribution in [0.2, 0.25) is 0 Å². The molecule has 15 nitrogen and oxygen atoms in total. The molecule has 0 aliphatic rings. The maximum absolute atomic E-state index is 11.2. The third kappa shape index (κ3) is 48.3. The van der Waals surface area contributed by atoms with Crippen LogP contribution in [0.1, 0.15) is 165 Å². The van der Waals surface area contributed by atoms with Gasteiger partial charge in [0.15, 0.2) is 28.9 Å². The zero-order valence-corrected chi connectivity index (χ0v) is 95.5. The van der Waals surface area contributed by atoms with Gasteiger partial charge in [-0.3, -0.25) is 48.9 Å². The molecule has 20 heteroatoms. The van der Waals surface area contributed by atoms with E-state index in [9.17, 15) is 29.1 Å². The predicted octanol–water partition coefficient (Wildman–Crippen LogP) is 29.7. The van der Waals surface area contributed by atoms with Gasteiger partial charge in [-0.2, -0.15) is 0 Å². The van der Waals surface area contributed by atoms with Crippen LogP contribution in [0.4, 0.5) is 0 Å². The number of aromatic nitrogens is 5. The average molecular weight is 2750 g/mol. The van der Waals surface area contributed by atoms with Crippen LogP contribution in [0.25, 0.3) is 111 Å². The van der Waals surface area contributed by atoms with Gasteiger partial charge in [0, 0.05) is 144 Å². The van der Waals surface area contributed by atoms with Crippen LogP contribution in [0.15, 0.2) is 302 Å². The topological polar surface area (TPSA) is 251 Å². The van der Waals surface area contributed by atoms with Gasteiger partial charge in [0.25, 0.3) is 0 Å². The summed E-state index contributed by atoms with van der Waals surface area (Å²) in [4.78, 5) is 75.0. The van der Waals surface area contributed by atoms with Crippen LogP contribution in [0, 0.1) is 110 Å². The van der Waals surface area contributed by atoms with Crippen molar-refractivity contribution in [1.82, 2.24) is 24.9 Å². The minimum atomic E-state index is -0.125. The van der Waals surface area contributed by atoms with Crippen molar-refractivity contribution in [3.8, 4) is 56.3 Å². The summed E-state index contributed by atoms with van der Waals surface area (Å²) in [6.45, 7) is 42.7. The summed E-state index contributed by atoms with van der Waals surface area (Å²) in [6, 6.07) is 100.0. The largest absolute Gasteiger partial charge is 0.512 e. The van der Waals surface area contributed by atoms with E-state index in [0.717, 1.165) is 107 Å². The number of carbonyl (C=O) groups is 5. The summed E-state index contributed by atoms with van der Waals surface area (Å²) >= 11 is 0. The number of allylic oxidation sites excluding steroid dienone is 10. The Hall–Kier alpha value is -11.5. The van der Waals surface area contributed by atoms with Crippen molar-refractivity contribution in [2.75, 3.05) is 0 Å². The second kappa shape index (κ2) is 64.7. The third-order valence-electron chi connectivity index (χ3n) is 19.0. The van der Waals surface area contributed by atoms with Gasteiger partial charge in [-0.1, -0.05) is 229 Å². The number of benzene rings is 10. The van der Waals surface area contributed by atoms with E-state index in [1.54, 1.807) is 0 Å². The van der Waals surface area contributed by atoms with Crippen molar-refractivity contribution in [2.24, 2.45) is 17.8 Å². The summed E-state index contributed by atoms with van der Waals surface area (Å²) in [5, 5.41) is 48.7. The second-order valence-electron chi connectivity index (χ2n) is 34.5. The summed E-state index contributed by atoms with van der Waals surface area (Å²) in [5.41, 5.74) is 27.7. The first-order valence-electron chi connectivity index (χ1n) is 44.7. The molecule has 5 aromatic heterocycles. The number of para-hydroxylation sites is 3. The van der Waals surface area contributed by atoms with Crippen LogP contribution in [-0.4, -0.2) is 79.4 Å². The number of hydrogen-bond acceptors (Lipinski definition) is 15. The SMILES string of the molecule is CC(=O)C=C(C)O.CC(=O)C=C(C)O.CC(=O)C=C(C)O.CC(=O)C=C(C)O.CC(C)CC(=O)C=C(O)CC(C)C.Cc1[c-]c(-c2ccc3ccc(CC(C)C)cc3n2)cc(C)c1.Cc1[c-]c(-c2ccc3ccccc3n2)cc(C)c1.Cc1[c-]c(-c2ccc3ccccc3n2)cc(C)c1.Cc1cc2ccccc2nc1-c1[c-]cccc1.Cc1cc[c-]c(-c2ccc3ccc(C)cc3n2)c1.[Ir].[Ir].[Ir].[Ir].[Ir]. The molecule has 0 saturated carbocycles. The summed E-state index contributed by atoms with van der Waals surface area (Å²) in [6.07, 6.45) is 8.23. The van der Waals surface area contributed by atoms with Gasteiger partial charge in [-0.15, -0.1) is 176 Å². The van der Waals surface area contributed by atoms with E-state index in [0.29, 0.717) is 30.6 Å². The first-order valence-corrected chi connectivity index (χ1v) is 44.7. The van der Waals surface area contributed by atoms with Gasteiger partial charge in [-0.25, -0.2) is 0 Å². The Labute approximate surface area is 890 Å². The minimum absolute atomic E-state index is 0. The van der Waals surface area contributed by atoms with E-state index in [-0.39, 0.29) is 158 Å². The van der Waals surface area contributed by atoms with Gasteiger partial charge in [-0.05, 0) is 190 Å². The molecule has 739 valence electrons. The maximum Gasteiger partial charge on any atom is 0.159 e. The number of rotatable bonds is 16. The van der Waals surface area contributed by atoms with E-state index >= 15 is 0 Å². The monoisotopic (exact) mass is 2750 g/mol. The number of hydrogen-bond donors (Lipinski definition) is 5. The number of ketones is 5. The molecule has 0 atom stereocenters. The van der Waals surface area contributed by atoms with Gasteiger partial charge < -0.3 is 25.5 Å². The minimum Gasteiger partial charge on any atom is -0.512 e. The second-order valence-corrected chi connectivity index (χ2v) is 34.5. The molecule has 5 radical (unpaired) electrons. The third-order valence-corrected chi connectivity index (χ3v) is 19.0. The molecule has 5 N–H and O–H groups in total. The number of pyridine rings is 5. The summed E-state index contributed by atoms with van der Waals surface area (Å²) < 4.78 is 0. The Morgan fingerprint density at radius 3 is 0.986 bits per heavy atom. The smallest absolute Gasteiger partial charge is 0.159 e. The number of nitrogens with zero attached hydrogens (tertiary/aromatic N) is 5. The van der Waals surface area contributed by atoms with E-state index in [1.807, 2.05) is 113 Å². The molecule has 0 aliphatic carbocycles. The van der Waals surface area contributed by atoms with E-state index < -0.39 is 0 Å². The van der Waals surface area contributed by atoms with E-state index in [2.05, 4.69) is 264 Å². The summed E-state index contributed by atoms with van der Waals surface area (Å²) in [7, 11) is 0. The number of fused-ring (bicyclic) bond motifs is 5. The van der Waals surface area contributed by atoms with Crippen molar-refractivity contribution < 1.29 is 150 Å². The molecule has 5 heterocycles. The van der Waals surface area contributed by atoms with Crippen molar-refractivity contribution in [3.63, 3.8) is 0 Å². The Balaban J connectivity index is 0.000000788. The standard InChI is InChI=1S/C21H22N.3C17H14N.C16H12N.C11H20O2.4C5H8O2.5Ir/c1-14(2)9-17-5-6-18-7-8-20(22-21(18)13-17)19-11-15(3)10-16(4)12-19;1-12-4-3-5-15(10-12)16-9-8-14-7-6-13(2)11-17(14)18-16;2*1-12-9-13(2)11-15(10-12)17-8-7-14-5-3-4-6-16(14)18-17;1-12-11-14-9-5-6-10-15(14)17-16(12)13-7-3-2-4-8-13;1-8(2)5-10(12)7-11(13)6-9(3)4;4*1-4(6)3-5(2)7;;;;;/h5-8,10-11,13-14H,9H2,1-4H3;3-4,6-11H,1-2H3;2*3-10H,1-2H3;2-7,9-11H,1H3;7-9,12H,5-6H2,1-4H3;4*3,6H,1-2H3;;;;;/q5*-1;;;;;;;;;;. The number of carbonyl (C=O) groups excluding carboxylic acids is 5. The number of aliphatic hydroxyl groups excluding tert-OH is 5. The molecule has 0 spiro atoms. The fourth-order valence-corrected chi connectivity index (χ4v) is 13.9. The first-order chi connectivity index (χ1) is 63.4. The molecular formula is C119H128Ir5N5O10-5. The quantitative estimate of drug-likeness (QED) is 0.0343. The van der Waals surface area contributed by atoms with Crippen LogP contribution in [0.5, 0.6) is 0 Å². The Morgan fingerprint density at radius 1 is 0.295 bits per heavy atom. The van der Waals surface area contributed by atoms with Crippen molar-refractivity contribution in [1.29, 1.82) is 0 Å². The molecule has 0 bridgehead atoms. The molecule has 0 amide bonds. The van der Waals surface area contributed by atoms with Crippen LogP contribution >= 0.6 is 0 Å². The van der Waals surface area contributed by atoms with E-state index in [4.69, 9.17) is 45.3 Å². The molecule has 0 aliphatic heterocycles. The number of aryl methyl sites for hydroxylation is 9. The molecule has 10 aromatic carbocycles. The fourth-order valence-electron chi connectivity index (χ4n) is 13.9. The first kappa shape index (κ1) is 126. The molecule has 0 saturated heterocycles. The predicted molar refractivity (Wildman–Crippen MR) is 554 cm³/mol. The molecule has 0 fully saturated rings. The Bertz CT molecular complexity index is 6370. The average Bonchev–Trinajstić information content (AvgIpc) is 0.692. The van der Waals surface area contributed by atoms with Crippen molar-refractivity contribution in [2.45, 2.75) is 179 Å². The normalized spacial score (nSPS) is 10.8. The van der Waals surface area contributed by atoms with Crippen LogP contribution < -0.4 is 0 Å². The van der Waals surface area contributed by atoms with Gasteiger partial charge in [0.1, 0.15) is 0 Å². The summed E-state index contributed by atoms with van der Waals surface area (Å²) in [5.74, 6) is 1.39. The maximum atomic E-state index is 11.2. The Morgan fingerprint density at radius 2 is 0.626 bits per heavy atom. The Kier molecular flexibility index (Phi) is 58.5. The van der Waals surface area contributed by atoms with Gasteiger partial charge in [0.05, 0.1) is 56.4 Å². The molecule has 139 heavy (non-hydrogen) atoms. The zero-order valence-electron chi connectivity index (χ0n) is 83.5.